The van der Waals surface area contributed by atoms with E-state index in [0.29, 0.717) is 6.42 Å². The molecule has 0 aliphatic heterocycles. The van der Waals surface area contributed by atoms with E-state index in [9.17, 15) is 9.59 Å². The zero-order valence-corrected chi connectivity index (χ0v) is 11.7. The second kappa shape index (κ2) is 8.86. The van der Waals surface area contributed by atoms with Crippen LogP contribution in [-0.2, 0) is 11.2 Å². The standard InChI is InChI=1S/C17H20O3/c1-2-3-4-5-6-7-8-11-14-12-9-10-13-15(14)16(18)17(19)20/h3-4,7-10,12-13H,2,5-6,11H2,1H3,(H,19,20). The molecule has 0 unspecified atom stereocenters. The fraction of sp³-hybridized carbons (Fsp3) is 0.294. The molecule has 106 valence electrons. The highest BCUT2D eigenvalue weighted by Gasteiger charge is 2.16. The molecular weight excluding hydrogens is 252 g/mol. The fourth-order valence-corrected chi connectivity index (χ4v) is 1.84. The van der Waals surface area contributed by atoms with Crippen LogP contribution in [0.2, 0.25) is 0 Å². The van der Waals surface area contributed by atoms with E-state index in [1.807, 2.05) is 12.1 Å². The number of rotatable bonds is 8. The van der Waals surface area contributed by atoms with Crippen LogP contribution in [0.15, 0.2) is 48.6 Å². The number of carbonyl (C=O) groups is 2. The topological polar surface area (TPSA) is 54.4 Å². The molecule has 0 aliphatic carbocycles. The van der Waals surface area contributed by atoms with Crippen molar-refractivity contribution in [3.05, 3.63) is 59.7 Å². The number of unbranched alkanes of at least 4 members (excludes halogenated alkanes) is 1. The molecule has 0 saturated heterocycles. The number of hydrogen-bond acceptors (Lipinski definition) is 2. The van der Waals surface area contributed by atoms with Crippen molar-refractivity contribution in [2.24, 2.45) is 0 Å². The van der Waals surface area contributed by atoms with Crippen LogP contribution in [-0.4, -0.2) is 16.9 Å². The quantitative estimate of drug-likeness (QED) is 0.339. The summed E-state index contributed by atoms with van der Waals surface area (Å²) in [4.78, 5) is 22.3. The molecule has 1 aromatic carbocycles. The maximum atomic E-state index is 11.5. The van der Waals surface area contributed by atoms with E-state index < -0.39 is 11.8 Å². The molecule has 20 heavy (non-hydrogen) atoms. The van der Waals surface area contributed by atoms with Crippen molar-refractivity contribution in [1.29, 1.82) is 0 Å². The first-order valence-electron chi connectivity index (χ1n) is 6.82. The van der Waals surface area contributed by atoms with Crippen molar-refractivity contribution in [3.8, 4) is 0 Å². The summed E-state index contributed by atoms with van der Waals surface area (Å²) in [5, 5.41) is 8.78. The van der Waals surface area contributed by atoms with E-state index in [4.69, 9.17) is 5.11 Å². The highest BCUT2D eigenvalue weighted by atomic mass is 16.4. The predicted octanol–water partition coefficient (Wildman–Crippen LogP) is 3.80. The van der Waals surface area contributed by atoms with Gasteiger partial charge in [0.2, 0.25) is 0 Å². The Balaban J connectivity index is 2.60. The molecule has 3 nitrogen and oxygen atoms in total. The van der Waals surface area contributed by atoms with Gasteiger partial charge in [-0.15, -0.1) is 0 Å². The lowest BCUT2D eigenvalue weighted by Gasteiger charge is -2.03. The number of Topliss-reactive ketones (excluding diaryl/α,β-unsaturated/α-hetero) is 1. The Kier molecular flexibility index (Phi) is 7.04. The Bertz CT molecular complexity index is 513. The molecule has 0 amide bonds. The SMILES string of the molecule is CCC=CCCC=CCc1ccccc1C(=O)C(=O)O. The zero-order chi connectivity index (χ0) is 14.8. The molecule has 1 aromatic rings. The average molecular weight is 272 g/mol. The van der Waals surface area contributed by atoms with Crippen LogP contribution in [0.25, 0.3) is 0 Å². The van der Waals surface area contributed by atoms with Crippen molar-refractivity contribution in [2.75, 3.05) is 0 Å². The molecule has 0 aliphatic rings. The molecule has 0 heterocycles. The van der Waals surface area contributed by atoms with Crippen LogP contribution in [0, 0.1) is 0 Å². The normalized spacial score (nSPS) is 11.2. The number of ketones is 1. The van der Waals surface area contributed by atoms with E-state index in [0.717, 1.165) is 24.8 Å². The highest BCUT2D eigenvalue weighted by Crippen LogP contribution is 2.11. The predicted molar refractivity (Wildman–Crippen MR) is 79.9 cm³/mol. The van der Waals surface area contributed by atoms with Crippen molar-refractivity contribution in [1.82, 2.24) is 0 Å². The van der Waals surface area contributed by atoms with Gasteiger partial charge in [0.15, 0.2) is 0 Å². The third-order valence-electron chi connectivity index (χ3n) is 2.86. The molecule has 1 N–H and O–H groups in total. The van der Waals surface area contributed by atoms with Gasteiger partial charge in [0.1, 0.15) is 0 Å². The largest absolute Gasteiger partial charge is 0.475 e. The Morgan fingerprint density at radius 1 is 1.05 bits per heavy atom. The van der Waals surface area contributed by atoms with Crippen LogP contribution in [0.5, 0.6) is 0 Å². The van der Waals surface area contributed by atoms with Crippen molar-refractivity contribution < 1.29 is 14.7 Å². The van der Waals surface area contributed by atoms with E-state index in [1.54, 1.807) is 18.2 Å². The van der Waals surface area contributed by atoms with Crippen molar-refractivity contribution in [2.45, 2.75) is 32.6 Å². The summed E-state index contributed by atoms with van der Waals surface area (Å²) in [5.41, 5.74) is 1.02. The van der Waals surface area contributed by atoms with Gasteiger partial charge in [0, 0.05) is 5.56 Å². The zero-order valence-electron chi connectivity index (χ0n) is 11.7. The third-order valence-corrected chi connectivity index (χ3v) is 2.86. The summed E-state index contributed by atoms with van der Waals surface area (Å²) < 4.78 is 0. The van der Waals surface area contributed by atoms with Gasteiger partial charge in [-0.2, -0.15) is 0 Å². The van der Waals surface area contributed by atoms with Crippen LogP contribution in [0.3, 0.4) is 0 Å². The molecule has 0 fully saturated rings. The smallest absolute Gasteiger partial charge is 0.377 e. The molecular formula is C17H20O3. The molecule has 1 rings (SSSR count). The number of carboxylic acid groups (broad SMARTS) is 1. The second-order valence-corrected chi connectivity index (χ2v) is 4.42. The van der Waals surface area contributed by atoms with E-state index >= 15 is 0 Å². The van der Waals surface area contributed by atoms with E-state index in [2.05, 4.69) is 25.2 Å². The number of hydrogen-bond donors (Lipinski definition) is 1. The van der Waals surface area contributed by atoms with Gasteiger partial charge in [-0.05, 0) is 31.2 Å². The summed E-state index contributed by atoms with van der Waals surface area (Å²) >= 11 is 0. The molecule has 3 heteroatoms. The molecule has 0 atom stereocenters. The lowest BCUT2D eigenvalue weighted by atomic mass is 10.0. The number of allylic oxidation sites excluding steroid dienone is 4. The lowest BCUT2D eigenvalue weighted by Crippen LogP contribution is -2.14. The Morgan fingerprint density at radius 2 is 1.70 bits per heavy atom. The van der Waals surface area contributed by atoms with Gasteiger partial charge in [-0.3, -0.25) is 4.79 Å². The van der Waals surface area contributed by atoms with E-state index in [-0.39, 0.29) is 5.56 Å². The van der Waals surface area contributed by atoms with Gasteiger partial charge in [0.25, 0.3) is 5.78 Å². The van der Waals surface area contributed by atoms with Gasteiger partial charge in [-0.1, -0.05) is 55.5 Å². The summed E-state index contributed by atoms with van der Waals surface area (Å²) in [6.07, 6.45) is 11.9. The maximum absolute atomic E-state index is 11.5. The maximum Gasteiger partial charge on any atom is 0.377 e. The van der Waals surface area contributed by atoms with Gasteiger partial charge >= 0.3 is 5.97 Å². The molecule has 0 bridgehead atoms. The molecule has 0 radical (unpaired) electrons. The highest BCUT2D eigenvalue weighted by molar-refractivity contribution is 6.40. The average Bonchev–Trinajstić information content (AvgIpc) is 2.46. The summed E-state index contributed by atoms with van der Waals surface area (Å²) in [7, 11) is 0. The number of benzene rings is 1. The minimum absolute atomic E-state index is 0.274. The molecule has 0 aromatic heterocycles. The van der Waals surface area contributed by atoms with Crippen molar-refractivity contribution in [3.63, 3.8) is 0 Å². The first-order valence-corrected chi connectivity index (χ1v) is 6.82. The Labute approximate surface area is 119 Å². The third kappa shape index (κ3) is 5.22. The fourth-order valence-electron chi connectivity index (χ4n) is 1.84. The van der Waals surface area contributed by atoms with Gasteiger partial charge < -0.3 is 5.11 Å². The minimum Gasteiger partial charge on any atom is -0.475 e. The van der Waals surface area contributed by atoms with E-state index in [1.165, 1.54) is 0 Å². The summed E-state index contributed by atoms with van der Waals surface area (Å²) in [6, 6.07) is 6.84. The van der Waals surface area contributed by atoms with Crippen LogP contribution in [0.4, 0.5) is 0 Å². The van der Waals surface area contributed by atoms with Crippen molar-refractivity contribution >= 4 is 11.8 Å². The summed E-state index contributed by atoms with van der Waals surface area (Å²) in [5.74, 6) is -2.26. The van der Waals surface area contributed by atoms with Crippen LogP contribution in [0.1, 0.15) is 42.1 Å². The molecule has 0 spiro atoms. The minimum atomic E-state index is -1.41. The van der Waals surface area contributed by atoms with Gasteiger partial charge in [-0.25, -0.2) is 4.79 Å². The summed E-state index contributed by atoms with van der Waals surface area (Å²) in [6.45, 7) is 2.10. The number of carboxylic acids is 1. The Morgan fingerprint density at radius 3 is 2.35 bits per heavy atom. The number of carbonyl (C=O) groups excluding carboxylic acids is 1. The Hall–Kier alpha value is -2.16. The first-order chi connectivity index (χ1) is 9.66. The molecule has 0 saturated carbocycles. The second-order valence-electron chi connectivity index (χ2n) is 4.42. The monoisotopic (exact) mass is 272 g/mol. The number of aliphatic carboxylic acids is 1. The lowest BCUT2D eigenvalue weighted by molar-refractivity contribution is -0.131. The van der Waals surface area contributed by atoms with Crippen LogP contribution < -0.4 is 0 Å². The van der Waals surface area contributed by atoms with Gasteiger partial charge in [0.05, 0.1) is 0 Å². The first kappa shape index (κ1) is 15.9. The van der Waals surface area contributed by atoms with Crippen LogP contribution >= 0.6 is 0 Å².